The zero-order valence-corrected chi connectivity index (χ0v) is 41.8. The summed E-state index contributed by atoms with van der Waals surface area (Å²) in [7, 11) is 0. The topological polar surface area (TPSA) is 26.2 Å². The highest BCUT2D eigenvalue weighted by Crippen LogP contribution is 2.53. The van der Waals surface area contributed by atoms with Crippen molar-refractivity contribution in [1.29, 1.82) is 0 Å². The van der Waals surface area contributed by atoms with E-state index in [2.05, 4.69) is 43.9 Å². The van der Waals surface area contributed by atoms with Gasteiger partial charge in [0.2, 0.25) is 6.71 Å². The summed E-state index contributed by atoms with van der Waals surface area (Å²) in [5.41, 5.74) is 9.71. The number of para-hydroxylation sites is 5. The summed E-state index contributed by atoms with van der Waals surface area (Å²) in [6, 6.07) is 37.3. The first-order chi connectivity index (χ1) is 44.0. The van der Waals surface area contributed by atoms with E-state index in [1.807, 2.05) is 121 Å². The molecule has 11 aromatic carbocycles. The van der Waals surface area contributed by atoms with Crippen molar-refractivity contribution < 1.29 is 26.3 Å². The van der Waals surface area contributed by atoms with Gasteiger partial charge < -0.3 is 18.5 Å². The maximum absolute atomic E-state index is 9.72. The molecular weight excluding hydrogens is 942 g/mol. The minimum Gasteiger partial charge on any atom is -0.456 e. The van der Waals surface area contributed by atoms with Crippen LogP contribution in [0.25, 0.3) is 99.2 Å². The molecule has 0 amide bonds. The Morgan fingerprint density at radius 2 is 0.987 bits per heavy atom. The Bertz CT molecular complexity index is 5490. The van der Waals surface area contributed by atoms with E-state index < -0.39 is 109 Å². The first kappa shape index (κ1) is 30.4. The minimum absolute atomic E-state index is 0.0658. The van der Waals surface area contributed by atoms with Crippen LogP contribution in [0.5, 0.6) is 0 Å². The van der Waals surface area contributed by atoms with Crippen molar-refractivity contribution in [2.24, 2.45) is 0 Å². The van der Waals surface area contributed by atoms with Gasteiger partial charge >= 0.3 is 0 Å². The fourth-order valence-electron chi connectivity index (χ4n) is 11.8. The Labute approximate surface area is 467 Å². The summed E-state index contributed by atoms with van der Waals surface area (Å²) in [5.74, 6) is 0. The third-order valence-electron chi connectivity index (χ3n) is 15.2. The number of fused-ring (bicyclic) bond motifs is 14. The van der Waals surface area contributed by atoms with Gasteiger partial charge in [-0.15, -0.1) is 0 Å². The summed E-state index contributed by atoms with van der Waals surface area (Å²) in [6.07, 6.45) is 0. The van der Waals surface area contributed by atoms with Crippen molar-refractivity contribution in [1.82, 2.24) is 9.13 Å². The van der Waals surface area contributed by atoms with Crippen molar-refractivity contribution in [3.05, 3.63) is 242 Å². The van der Waals surface area contributed by atoms with Crippen molar-refractivity contribution >= 4 is 117 Å². The number of benzene rings is 11. The smallest absolute Gasteiger partial charge is 0.249 e. The van der Waals surface area contributed by atoms with Gasteiger partial charge in [0.25, 0.3) is 0 Å². The lowest BCUT2D eigenvalue weighted by molar-refractivity contribution is 0.591. The zero-order chi connectivity index (χ0) is 64.3. The summed E-state index contributed by atoms with van der Waals surface area (Å²) < 4.78 is 158. The molecule has 4 nitrogen and oxygen atoms in total. The number of aromatic nitrogens is 2. The molecule has 16 rings (SSSR count). The van der Waals surface area contributed by atoms with E-state index in [9.17, 15) is 11.0 Å². The van der Waals surface area contributed by atoms with Crippen molar-refractivity contribution in [3.8, 4) is 33.6 Å². The van der Waals surface area contributed by atoms with E-state index in [0.29, 0.717) is 38.8 Å². The van der Waals surface area contributed by atoms with Crippen LogP contribution in [0.4, 0.5) is 17.1 Å². The van der Waals surface area contributed by atoms with E-state index in [1.165, 1.54) is 20.9 Å². The van der Waals surface area contributed by atoms with E-state index in [1.54, 1.807) is 0 Å². The molecule has 0 N–H and O–H groups in total. The molecule has 0 saturated heterocycles. The molecular formula is C70H48BN3OS. The lowest BCUT2D eigenvalue weighted by atomic mass is 9.34. The van der Waals surface area contributed by atoms with Gasteiger partial charge in [-0.2, -0.15) is 0 Å². The second-order valence-corrected chi connectivity index (χ2v) is 21.5. The second-order valence-electron chi connectivity index (χ2n) is 20.4. The van der Waals surface area contributed by atoms with Crippen LogP contribution in [0, 0.1) is 0 Å². The van der Waals surface area contributed by atoms with E-state index >= 15 is 0 Å². The number of anilines is 3. The first-order valence-corrected chi connectivity index (χ1v) is 25.9. The predicted octanol–water partition coefficient (Wildman–Crippen LogP) is 17.2. The molecule has 14 aromatic rings. The average Bonchev–Trinajstić information content (AvgIpc) is 0.877. The fourth-order valence-corrected chi connectivity index (χ4v) is 13.2. The van der Waals surface area contributed by atoms with Crippen LogP contribution in [-0.2, 0) is 5.41 Å². The molecule has 6 heteroatoms. The molecule has 0 spiro atoms. The number of rotatable bonds is 5. The van der Waals surface area contributed by atoms with Gasteiger partial charge in [0.1, 0.15) is 11.2 Å². The SMILES string of the molecule is [2H]c1c([2H])c([2H])c2c(c1[2H])c1c([2H])c([2H])c([2H])c([2H])c1n2-c1ccc2c(c1)N(c1c(-c3ccccc3)cc(C(C)(C)C)cc1-c1ccccc1)c1cc(-n3c4c([2H])c([2H])c([2H])c([2H])c4c4c([2H])c([2H])c([2H])c([2H])c43)cc3c1B2c1ccc2oc4ccccc4c2c1S3. The fraction of sp³-hybridized carbons (Fsp3) is 0.0571. The van der Waals surface area contributed by atoms with Gasteiger partial charge in [-0.3, -0.25) is 0 Å². The molecule has 76 heavy (non-hydrogen) atoms. The Kier molecular flexibility index (Phi) is 6.51. The Hall–Kier alpha value is -8.97. The van der Waals surface area contributed by atoms with Gasteiger partial charge in [-0.25, -0.2) is 0 Å². The predicted molar refractivity (Wildman–Crippen MR) is 322 cm³/mol. The Morgan fingerprint density at radius 1 is 0.474 bits per heavy atom. The number of furan rings is 1. The summed E-state index contributed by atoms with van der Waals surface area (Å²) in [5, 5.41) is 1.35. The monoisotopic (exact) mass is 1010 g/mol. The van der Waals surface area contributed by atoms with Gasteiger partial charge in [0, 0.05) is 76.0 Å². The van der Waals surface area contributed by atoms with Gasteiger partial charge in [0.15, 0.2) is 0 Å². The molecule has 2 aliphatic rings. The highest BCUT2D eigenvalue weighted by molar-refractivity contribution is 8.00. The minimum atomic E-state index is -0.627. The van der Waals surface area contributed by atoms with Gasteiger partial charge in [0.05, 0.1) is 49.7 Å². The Morgan fingerprint density at radius 3 is 1.57 bits per heavy atom. The summed E-state index contributed by atoms with van der Waals surface area (Å²) in [6.45, 7) is 5.83. The molecule has 2 aliphatic heterocycles. The van der Waals surface area contributed by atoms with E-state index in [0.717, 1.165) is 59.9 Å². The van der Waals surface area contributed by atoms with E-state index in [4.69, 9.17) is 15.4 Å². The molecule has 0 fully saturated rings. The van der Waals surface area contributed by atoms with Crippen molar-refractivity contribution in [2.75, 3.05) is 4.90 Å². The van der Waals surface area contributed by atoms with E-state index in [-0.39, 0.29) is 49.3 Å². The lowest BCUT2D eigenvalue weighted by Gasteiger charge is -2.42. The molecule has 0 bridgehead atoms. The van der Waals surface area contributed by atoms with Crippen LogP contribution in [0.3, 0.4) is 0 Å². The summed E-state index contributed by atoms with van der Waals surface area (Å²) in [4.78, 5) is 3.71. The van der Waals surface area contributed by atoms with Crippen molar-refractivity contribution in [2.45, 2.75) is 36.0 Å². The highest BCUT2D eigenvalue weighted by atomic mass is 32.2. The van der Waals surface area contributed by atoms with Gasteiger partial charge in [-0.1, -0.05) is 202 Å². The quantitative estimate of drug-likeness (QED) is 0.161. The van der Waals surface area contributed by atoms with Crippen LogP contribution in [0.1, 0.15) is 48.3 Å². The number of hydrogen-bond donors (Lipinski definition) is 0. The Balaban J connectivity index is 1.14. The van der Waals surface area contributed by atoms with Crippen LogP contribution >= 0.6 is 11.8 Å². The van der Waals surface area contributed by atoms with Crippen molar-refractivity contribution in [3.63, 3.8) is 0 Å². The standard InChI is InChI=1S/C70H48BN3OS/c1-70(2,3)45-38-53(43-20-6-4-7-21-43)68(54(39-45)44-22-8-5-9-23-44)74-61-40-46(72-57-29-15-10-24-48(57)49-25-11-16-30-58(49)72)34-35-55(61)71-56-36-37-64-66(52-28-14-19-33-63(52)75-64)69(56)76-65-42-47(41-62(74)67(65)71)73-59-31-17-12-26-50(59)51-27-13-18-32-60(51)73/h4-42H,1-3H3/i10D,11D,12D,13D,15D,16D,17D,18D,24D,25D,26D,27D,29D,30D,31D,32D. The lowest BCUT2D eigenvalue weighted by Crippen LogP contribution is -2.60. The normalized spacial score (nSPS) is 16.0. The van der Waals surface area contributed by atoms with Crippen LogP contribution in [0.2, 0.25) is 0 Å². The molecule has 0 aliphatic carbocycles. The maximum Gasteiger partial charge on any atom is 0.249 e. The molecule has 358 valence electrons. The van der Waals surface area contributed by atoms with Crippen LogP contribution in [-0.4, -0.2) is 15.8 Å². The van der Waals surface area contributed by atoms with Gasteiger partial charge in [-0.05, 0) is 106 Å². The molecule has 3 aromatic heterocycles. The third kappa shape index (κ3) is 6.28. The zero-order valence-electron chi connectivity index (χ0n) is 57.0. The highest BCUT2D eigenvalue weighted by Gasteiger charge is 2.44. The maximum atomic E-state index is 9.72. The third-order valence-corrected chi connectivity index (χ3v) is 16.4. The largest absolute Gasteiger partial charge is 0.456 e. The molecule has 0 atom stereocenters. The average molecular weight is 1010 g/mol. The van der Waals surface area contributed by atoms with Crippen LogP contribution < -0.4 is 21.3 Å². The number of nitrogens with zero attached hydrogens (tertiary/aromatic N) is 3. The molecule has 0 radical (unpaired) electrons. The number of hydrogen-bond acceptors (Lipinski definition) is 3. The molecule has 5 heterocycles. The second kappa shape index (κ2) is 16.3. The van der Waals surface area contributed by atoms with Crippen LogP contribution in [0.15, 0.2) is 250 Å². The molecule has 0 saturated carbocycles. The first-order valence-electron chi connectivity index (χ1n) is 33.1. The molecule has 0 unspecified atom stereocenters. The summed E-state index contributed by atoms with van der Waals surface area (Å²) >= 11 is 1.49.